The summed E-state index contributed by atoms with van der Waals surface area (Å²) in [6.45, 7) is 6.43. The Hall–Kier alpha value is -1.13. The standard InChI is InChI=1S/C15H23FN2O/c1-11(2)17-9-12-8-13(16)4-5-15(12)18(3)14-6-7-19-10-14/h4-5,8,11,14,17H,6-7,9-10H2,1-3H3. The van der Waals surface area contributed by atoms with Crippen LogP contribution >= 0.6 is 0 Å². The molecule has 0 aromatic heterocycles. The predicted molar refractivity (Wildman–Crippen MR) is 76.0 cm³/mol. The maximum atomic E-state index is 13.4. The van der Waals surface area contributed by atoms with Crippen molar-refractivity contribution in [2.45, 2.75) is 38.9 Å². The number of anilines is 1. The van der Waals surface area contributed by atoms with Crippen molar-refractivity contribution in [1.29, 1.82) is 0 Å². The van der Waals surface area contributed by atoms with Crippen LogP contribution in [0, 0.1) is 5.82 Å². The van der Waals surface area contributed by atoms with E-state index in [4.69, 9.17) is 4.74 Å². The van der Waals surface area contributed by atoms with Gasteiger partial charge in [0.05, 0.1) is 12.6 Å². The van der Waals surface area contributed by atoms with Crippen LogP contribution in [0.4, 0.5) is 10.1 Å². The summed E-state index contributed by atoms with van der Waals surface area (Å²) < 4.78 is 18.9. The third-order valence-corrected chi connectivity index (χ3v) is 3.58. The van der Waals surface area contributed by atoms with Gasteiger partial charge in [-0.3, -0.25) is 0 Å². The van der Waals surface area contributed by atoms with Gasteiger partial charge in [-0.05, 0) is 30.2 Å². The fourth-order valence-corrected chi connectivity index (χ4v) is 2.38. The molecule has 1 N–H and O–H groups in total. The molecule has 0 spiro atoms. The third kappa shape index (κ3) is 3.67. The Morgan fingerprint density at radius 2 is 2.26 bits per heavy atom. The van der Waals surface area contributed by atoms with Gasteiger partial charge in [-0.2, -0.15) is 0 Å². The van der Waals surface area contributed by atoms with Gasteiger partial charge in [0.1, 0.15) is 5.82 Å². The Labute approximate surface area is 114 Å². The first-order valence-electron chi connectivity index (χ1n) is 6.90. The fraction of sp³-hybridized carbons (Fsp3) is 0.600. The molecule has 19 heavy (non-hydrogen) atoms. The van der Waals surface area contributed by atoms with E-state index < -0.39 is 0 Å². The zero-order chi connectivity index (χ0) is 13.8. The van der Waals surface area contributed by atoms with E-state index in [1.54, 1.807) is 6.07 Å². The van der Waals surface area contributed by atoms with E-state index in [2.05, 4.69) is 31.1 Å². The van der Waals surface area contributed by atoms with Gasteiger partial charge in [-0.15, -0.1) is 0 Å². The van der Waals surface area contributed by atoms with Crippen molar-refractivity contribution >= 4 is 5.69 Å². The number of benzene rings is 1. The number of hydrogen-bond donors (Lipinski definition) is 1. The van der Waals surface area contributed by atoms with E-state index in [-0.39, 0.29) is 5.82 Å². The SMILES string of the molecule is CC(C)NCc1cc(F)ccc1N(C)C1CCOC1. The highest BCUT2D eigenvalue weighted by molar-refractivity contribution is 5.54. The van der Waals surface area contributed by atoms with Crippen LogP contribution in [-0.2, 0) is 11.3 Å². The van der Waals surface area contributed by atoms with Gasteiger partial charge in [0, 0.05) is 31.9 Å². The Bertz CT molecular complexity index is 417. The molecule has 1 fully saturated rings. The number of hydrogen-bond acceptors (Lipinski definition) is 3. The summed E-state index contributed by atoms with van der Waals surface area (Å²) in [6, 6.07) is 5.79. The number of nitrogens with zero attached hydrogens (tertiary/aromatic N) is 1. The van der Waals surface area contributed by atoms with Crippen molar-refractivity contribution in [2.75, 3.05) is 25.2 Å². The molecular weight excluding hydrogens is 243 g/mol. The monoisotopic (exact) mass is 266 g/mol. The number of likely N-dealkylation sites (N-methyl/N-ethyl adjacent to an activating group) is 1. The number of halogens is 1. The summed E-state index contributed by atoms with van der Waals surface area (Å²) in [5.74, 6) is -0.180. The van der Waals surface area contributed by atoms with Gasteiger partial charge < -0.3 is 15.0 Å². The minimum atomic E-state index is -0.180. The lowest BCUT2D eigenvalue weighted by Gasteiger charge is -2.28. The van der Waals surface area contributed by atoms with Crippen LogP contribution in [0.5, 0.6) is 0 Å². The quantitative estimate of drug-likeness (QED) is 0.886. The molecule has 1 atom stereocenters. The van der Waals surface area contributed by atoms with E-state index in [0.29, 0.717) is 18.6 Å². The third-order valence-electron chi connectivity index (χ3n) is 3.58. The molecule has 0 saturated carbocycles. The molecule has 0 radical (unpaired) electrons. The molecule has 106 valence electrons. The Kier molecular flexibility index (Phi) is 4.77. The second-order valence-corrected chi connectivity index (χ2v) is 5.44. The van der Waals surface area contributed by atoms with Gasteiger partial charge >= 0.3 is 0 Å². The first kappa shape index (κ1) is 14.3. The zero-order valence-corrected chi connectivity index (χ0v) is 11.9. The molecule has 1 aromatic carbocycles. The summed E-state index contributed by atoms with van der Waals surface area (Å²) in [5.41, 5.74) is 2.09. The van der Waals surface area contributed by atoms with Crippen molar-refractivity contribution in [2.24, 2.45) is 0 Å². The highest BCUT2D eigenvalue weighted by atomic mass is 19.1. The Morgan fingerprint density at radius 3 is 2.89 bits per heavy atom. The van der Waals surface area contributed by atoms with Crippen LogP contribution in [0.3, 0.4) is 0 Å². The lowest BCUT2D eigenvalue weighted by molar-refractivity contribution is 0.193. The van der Waals surface area contributed by atoms with Crippen LogP contribution in [0.2, 0.25) is 0 Å². The van der Waals surface area contributed by atoms with E-state index in [0.717, 1.165) is 30.9 Å². The van der Waals surface area contributed by atoms with Gasteiger partial charge in [0.15, 0.2) is 0 Å². The Morgan fingerprint density at radius 1 is 1.47 bits per heavy atom. The minimum Gasteiger partial charge on any atom is -0.379 e. The van der Waals surface area contributed by atoms with Crippen molar-refractivity contribution < 1.29 is 9.13 Å². The Balaban J connectivity index is 2.17. The van der Waals surface area contributed by atoms with Gasteiger partial charge in [-0.1, -0.05) is 13.8 Å². The van der Waals surface area contributed by atoms with Crippen LogP contribution in [0.15, 0.2) is 18.2 Å². The molecule has 4 heteroatoms. The maximum absolute atomic E-state index is 13.4. The molecule has 1 aliphatic rings. The summed E-state index contributed by atoms with van der Waals surface area (Å²) in [6.07, 6.45) is 1.03. The topological polar surface area (TPSA) is 24.5 Å². The summed E-state index contributed by atoms with van der Waals surface area (Å²) in [7, 11) is 2.06. The van der Waals surface area contributed by atoms with Crippen LogP contribution in [0.25, 0.3) is 0 Å². The summed E-state index contributed by atoms with van der Waals surface area (Å²) >= 11 is 0. The molecule has 1 heterocycles. The van der Waals surface area contributed by atoms with Crippen molar-refractivity contribution in [3.05, 3.63) is 29.6 Å². The smallest absolute Gasteiger partial charge is 0.123 e. The maximum Gasteiger partial charge on any atom is 0.123 e. The molecular formula is C15H23FN2O. The van der Waals surface area contributed by atoms with Crippen molar-refractivity contribution in [1.82, 2.24) is 5.32 Å². The molecule has 0 aliphatic carbocycles. The van der Waals surface area contributed by atoms with Gasteiger partial charge in [-0.25, -0.2) is 4.39 Å². The number of ether oxygens (including phenoxy) is 1. The molecule has 1 unspecified atom stereocenters. The van der Waals surface area contributed by atoms with Crippen molar-refractivity contribution in [3.63, 3.8) is 0 Å². The van der Waals surface area contributed by atoms with E-state index in [1.807, 2.05) is 6.07 Å². The minimum absolute atomic E-state index is 0.180. The lowest BCUT2D eigenvalue weighted by Crippen LogP contribution is -2.33. The van der Waals surface area contributed by atoms with Crippen LogP contribution in [-0.4, -0.2) is 32.3 Å². The normalized spacial score (nSPS) is 19.1. The molecule has 1 aromatic rings. The summed E-state index contributed by atoms with van der Waals surface area (Å²) in [5, 5.41) is 3.35. The molecule has 0 amide bonds. The average molecular weight is 266 g/mol. The highest BCUT2D eigenvalue weighted by Crippen LogP contribution is 2.25. The van der Waals surface area contributed by atoms with Gasteiger partial charge in [0.2, 0.25) is 0 Å². The molecule has 2 rings (SSSR count). The van der Waals surface area contributed by atoms with Gasteiger partial charge in [0.25, 0.3) is 0 Å². The van der Waals surface area contributed by atoms with E-state index in [9.17, 15) is 4.39 Å². The second-order valence-electron chi connectivity index (χ2n) is 5.44. The largest absolute Gasteiger partial charge is 0.379 e. The zero-order valence-electron chi connectivity index (χ0n) is 11.9. The first-order chi connectivity index (χ1) is 9.08. The summed E-state index contributed by atoms with van der Waals surface area (Å²) in [4.78, 5) is 2.21. The van der Waals surface area contributed by atoms with E-state index in [1.165, 1.54) is 6.07 Å². The number of rotatable bonds is 5. The predicted octanol–water partition coefficient (Wildman–Crippen LogP) is 2.55. The highest BCUT2D eigenvalue weighted by Gasteiger charge is 2.22. The van der Waals surface area contributed by atoms with E-state index >= 15 is 0 Å². The first-order valence-corrected chi connectivity index (χ1v) is 6.90. The molecule has 3 nitrogen and oxygen atoms in total. The number of nitrogens with one attached hydrogen (secondary N) is 1. The van der Waals surface area contributed by atoms with Crippen LogP contribution in [0.1, 0.15) is 25.8 Å². The van der Waals surface area contributed by atoms with Crippen LogP contribution < -0.4 is 10.2 Å². The fourth-order valence-electron chi connectivity index (χ4n) is 2.38. The van der Waals surface area contributed by atoms with Crippen molar-refractivity contribution in [3.8, 4) is 0 Å². The molecule has 0 bridgehead atoms. The second kappa shape index (κ2) is 6.35. The lowest BCUT2D eigenvalue weighted by atomic mass is 10.1. The average Bonchev–Trinajstić information content (AvgIpc) is 2.89. The molecule has 1 aliphatic heterocycles. The molecule has 1 saturated heterocycles.